The second-order valence-electron chi connectivity index (χ2n) is 3.58. The van der Waals surface area contributed by atoms with Crippen molar-refractivity contribution in [3.63, 3.8) is 0 Å². The molecule has 1 aromatic carbocycles. The molecule has 0 aromatic heterocycles. The van der Waals surface area contributed by atoms with E-state index in [1.807, 2.05) is 7.05 Å². The highest BCUT2D eigenvalue weighted by molar-refractivity contribution is 5.43. The predicted octanol–water partition coefficient (Wildman–Crippen LogP) is 1.72. The van der Waals surface area contributed by atoms with Gasteiger partial charge in [0.1, 0.15) is 18.1 Å². The van der Waals surface area contributed by atoms with Gasteiger partial charge >= 0.3 is 0 Å². The molecule has 0 heterocycles. The van der Waals surface area contributed by atoms with Crippen LogP contribution in [0.2, 0.25) is 0 Å². The van der Waals surface area contributed by atoms with Gasteiger partial charge in [-0.25, -0.2) is 0 Å². The molecule has 0 aliphatic heterocycles. The summed E-state index contributed by atoms with van der Waals surface area (Å²) in [5.41, 5.74) is 1.45. The number of nitriles is 1. The minimum atomic E-state index is 0.416. The second-order valence-corrected chi connectivity index (χ2v) is 3.58. The average molecular weight is 232 g/mol. The van der Waals surface area contributed by atoms with E-state index in [1.165, 1.54) is 0 Å². The Balaban J connectivity index is 2.71. The lowest BCUT2D eigenvalue weighted by Gasteiger charge is -2.10. The fourth-order valence-electron chi connectivity index (χ4n) is 1.32. The van der Waals surface area contributed by atoms with Crippen LogP contribution in [-0.2, 0) is 0 Å². The molecule has 0 saturated carbocycles. The van der Waals surface area contributed by atoms with Gasteiger partial charge in [-0.2, -0.15) is 5.26 Å². The number of methoxy groups -OCH3 is 1. The molecule has 90 valence electrons. The molecular weight excluding hydrogens is 216 g/mol. The maximum atomic E-state index is 8.85. The number of nitrogens with one attached hydrogen (secondary N) is 1. The molecular formula is C13H16N2O2. The van der Waals surface area contributed by atoms with Gasteiger partial charge in [0.25, 0.3) is 0 Å². The lowest BCUT2D eigenvalue weighted by atomic mass is 10.2. The standard InChI is InChI=1S/C13H16N2O2/c1-10(8-15-2)9-17-13-5-11(7-14)4-12(6-13)16-3/h4-6,15H,1,8-9H2,2-3H3. The van der Waals surface area contributed by atoms with Crippen molar-refractivity contribution in [2.45, 2.75) is 0 Å². The van der Waals surface area contributed by atoms with E-state index in [9.17, 15) is 0 Å². The van der Waals surface area contributed by atoms with Gasteiger partial charge in [0.05, 0.1) is 18.7 Å². The number of likely N-dealkylation sites (N-methyl/N-ethyl adjacent to an activating group) is 1. The largest absolute Gasteiger partial charge is 0.497 e. The summed E-state index contributed by atoms with van der Waals surface area (Å²) in [6.07, 6.45) is 0. The van der Waals surface area contributed by atoms with E-state index < -0.39 is 0 Å². The first-order valence-electron chi connectivity index (χ1n) is 5.23. The summed E-state index contributed by atoms with van der Waals surface area (Å²) in [5, 5.41) is 11.8. The molecule has 0 aliphatic rings. The van der Waals surface area contributed by atoms with Gasteiger partial charge in [-0.3, -0.25) is 0 Å². The minimum absolute atomic E-state index is 0.416. The Hall–Kier alpha value is -1.99. The average Bonchev–Trinajstić information content (AvgIpc) is 2.36. The van der Waals surface area contributed by atoms with E-state index in [0.717, 1.165) is 5.57 Å². The molecule has 4 heteroatoms. The fraction of sp³-hybridized carbons (Fsp3) is 0.308. The Morgan fingerprint density at radius 1 is 1.41 bits per heavy atom. The predicted molar refractivity (Wildman–Crippen MR) is 66.3 cm³/mol. The van der Waals surface area contributed by atoms with Gasteiger partial charge in [0, 0.05) is 12.6 Å². The van der Waals surface area contributed by atoms with Gasteiger partial charge in [-0.15, -0.1) is 0 Å². The highest BCUT2D eigenvalue weighted by atomic mass is 16.5. The number of hydrogen-bond acceptors (Lipinski definition) is 4. The van der Waals surface area contributed by atoms with Gasteiger partial charge in [-0.05, 0) is 24.8 Å². The second kappa shape index (κ2) is 6.56. The summed E-state index contributed by atoms with van der Waals surface area (Å²) < 4.78 is 10.6. The molecule has 0 bridgehead atoms. The molecule has 1 aromatic rings. The van der Waals surface area contributed by atoms with E-state index in [-0.39, 0.29) is 0 Å². The van der Waals surface area contributed by atoms with E-state index in [0.29, 0.717) is 30.2 Å². The summed E-state index contributed by atoms with van der Waals surface area (Å²) >= 11 is 0. The van der Waals surface area contributed by atoms with E-state index in [2.05, 4.69) is 18.0 Å². The molecule has 0 spiro atoms. The smallest absolute Gasteiger partial charge is 0.124 e. The maximum absolute atomic E-state index is 8.85. The molecule has 1 N–H and O–H groups in total. The van der Waals surface area contributed by atoms with E-state index >= 15 is 0 Å². The van der Waals surface area contributed by atoms with E-state index in [4.69, 9.17) is 14.7 Å². The topological polar surface area (TPSA) is 54.3 Å². The van der Waals surface area contributed by atoms with Gasteiger partial charge < -0.3 is 14.8 Å². The van der Waals surface area contributed by atoms with Crippen molar-refractivity contribution in [3.05, 3.63) is 35.9 Å². The Kier molecular flexibility index (Phi) is 5.05. The van der Waals surface area contributed by atoms with Crippen LogP contribution in [0.25, 0.3) is 0 Å². The zero-order chi connectivity index (χ0) is 12.7. The van der Waals surface area contributed by atoms with Crippen molar-refractivity contribution in [1.82, 2.24) is 5.32 Å². The van der Waals surface area contributed by atoms with Gasteiger partial charge in [0.15, 0.2) is 0 Å². The summed E-state index contributed by atoms with van der Waals surface area (Å²) in [7, 11) is 3.41. The van der Waals surface area contributed by atoms with Crippen molar-refractivity contribution < 1.29 is 9.47 Å². The minimum Gasteiger partial charge on any atom is -0.497 e. The molecule has 17 heavy (non-hydrogen) atoms. The molecule has 0 amide bonds. The summed E-state index contributed by atoms with van der Waals surface area (Å²) in [6, 6.07) is 7.14. The molecule has 0 saturated heterocycles. The highest BCUT2D eigenvalue weighted by Gasteiger charge is 2.02. The van der Waals surface area contributed by atoms with Crippen molar-refractivity contribution in [2.24, 2.45) is 0 Å². The molecule has 0 unspecified atom stereocenters. The molecule has 0 fully saturated rings. The quantitative estimate of drug-likeness (QED) is 0.759. The fourth-order valence-corrected chi connectivity index (χ4v) is 1.32. The Bertz CT molecular complexity index is 436. The molecule has 0 radical (unpaired) electrons. The number of hydrogen-bond donors (Lipinski definition) is 1. The van der Waals surface area contributed by atoms with Crippen LogP contribution in [0.5, 0.6) is 11.5 Å². The van der Waals surface area contributed by atoms with Crippen LogP contribution in [-0.4, -0.2) is 27.3 Å². The van der Waals surface area contributed by atoms with Gasteiger partial charge in [-0.1, -0.05) is 6.58 Å². The van der Waals surface area contributed by atoms with Crippen LogP contribution < -0.4 is 14.8 Å². The zero-order valence-electron chi connectivity index (χ0n) is 10.1. The first-order chi connectivity index (χ1) is 8.19. The molecule has 0 aliphatic carbocycles. The lowest BCUT2D eigenvalue weighted by Crippen LogP contribution is -2.14. The van der Waals surface area contributed by atoms with Crippen molar-refractivity contribution in [1.29, 1.82) is 5.26 Å². The molecule has 1 rings (SSSR count). The number of nitrogens with zero attached hydrogens (tertiary/aromatic N) is 1. The Morgan fingerprint density at radius 2 is 2.12 bits per heavy atom. The highest BCUT2D eigenvalue weighted by Crippen LogP contribution is 2.22. The number of rotatable bonds is 6. The van der Waals surface area contributed by atoms with Crippen LogP contribution in [0.3, 0.4) is 0 Å². The number of ether oxygens (including phenoxy) is 2. The third-order valence-corrected chi connectivity index (χ3v) is 2.11. The van der Waals surface area contributed by atoms with Crippen molar-refractivity contribution in [2.75, 3.05) is 27.3 Å². The summed E-state index contributed by atoms with van der Waals surface area (Å²) in [6.45, 7) is 4.98. The van der Waals surface area contributed by atoms with E-state index in [1.54, 1.807) is 25.3 Å². The summed E-state index contributed by atoms with van der Waals surface area (Å²) in [5.74, 6) is 1.22. The van der Waals surface area contributed by atoms with Crippen LogP contribution >= 0.6 is 0 Å². The maximum Gasteiger partial charge on any atom is 0.124 e. The Labute approximate surface area is 101 Å². The molecule has 4 nitrogen and oxygen atoms in total. The zero-order valence-corrected chi connectivity index (χ0v) is 10.1. The van der Waals surface area contributed by atoms with Crippen molar-refractivity contribution in [3.8, 4) is 17.6 Å². The third-order valence-electron chi connectivity index (χ3n) is 2.11. The normalized spacial score (nSPS) is 9.47. The van der Waals surface area contributed by atoms with Crippen LogP contribution in [0.1, 0.15) is 5.56 Å². The number of benzene rings is 1. The molecule has 0 atom stereocenters. The third kappa shape index (κ3) is 4.17. The first kappa shape index (κ1) is 13.1. The lowest BCUT2D eigenvalue weighted by molar-refractivity contribution is 0.344. The van der Waals surface area contributed by atoms with Crippen LogP contribution in [0.15, 0.2) is 30.4 Å². The van der Waals surface area contributed by atoms with Gasteiger partial charge in [0.2, 0.25) is 0 Å². The monoisotopic (exact) mass is 232 g/mol. The van der Waals surface area contributed by atoms with Crippen molar-refractivity contribution >= 4 is 0 Å². The van der Waals surface area contributed by atoms with Crippen LogP contribution in [0, 0.1) is 11.3 Å². The van der Waals surface area contributed by atoms with Crippen LogP contribution in [0.4, 0.5) is 0 Å². The SMILES string of the molecule is C=C(CNC)COc1cc(C#N)cc(OC)c1. The summed E-state index contributed by atoms with van der Waals surface area (Å²) in [4.78, 5) is 0. The first-order valence-corrected chi connectivity index (χ1v) is 5.23. The Morgan fingerprint density at radius 3 is 2.71 bits per heavy atom.